The van der Waals surface area contributed by atoms with Crippen LogP contribution in [0.3, 0.4) is 0 Å². The summed E-state index contributed by atoms with van der Waals surface area (Å²) < 4.78 is 24.2. The van der Waals surface area contributed by atoms with Gasteiger partial charge in [0.25, 0.3) is 0 Å². The van der Waals surface area contributed by atoms with E-state index in [9.17, 15) is 9.59 Å². The van der Waals surface area contributed by atoms with Gasteiger partial charge in [-0.1, -0.05) is 42.7 Å². The smallest absolute Gasteiger partial charge is 0.249 e. The molecule has 1 atom stereocenters. The van der Waals surface area contributed by atoms with E-state index in [1.54, 1.807) is 48.2 Å². The largest absolute Gasteiger partial charge is 0.493 e. The van der Waals surface area contributed by atoms with Crippen LogP contribution in [0.5, 0.6) is 23.0 Å². The SMILES string of the molecule is COc1ccc(C(C(=O)NC2CCCCC2)N(C(=O)Cn2nnc3ccccc32)c2ccc3c(c2)OCCO3)cc1OC. The molecule has 1 aliphatic heterocycles. The van der Waals surface area contributed by atoms with E-state index in [0.717, 1.165) is 32.1 Å². The summed E-state index contributed by atoms with van der Waals surface area (Å²) in [5.74, 6) is 1.42. The number of aromatic nitrogens is 3. The Balaban J connectivity index is 1.46. The number of hydrogen-bond acceptors (Lipinski definition) is 8. The number of nitrogens with one attached hydrogen (secondary N) is 1. The topological polar surface area (TPSA) is 117 Å². The Kier molecular flexibility index (Phi) is 8.30. The molecule has 6 rings (SSSR count). The van der Waals surface area contributed by atoms with E-state index in [1.807, 2.05) is 24.3 Å². The van der Waals surface area contributed by atoms with Gasteiger partial charge in [-0.25, -0.2) is 4.68 Å². The highest BCUT2D eigenvalue weighted by molar-refractivity contribution is 6.02. The minimum atomic E-state index is -1.04. The molecule has 2 heterocycles. The van der Waals surface area contributed by atoms with Gasteiger partial charge < -0.3 is 24.3 Å². The van der Waals surface area contributed by atoms with Crippen molar-refractivity contribution in [2.45, 2.75) is 50.7 Å². The summed E-state index contributed by atoms with van der Waals surface area (Å²) in [5.41, 5.74) is 2.44. The van der Waals surface area contributed by atoms with Crippen molar-refractivity contribution in [2.75, 3.05) is 32.3 Å². The zero-order valence-corrected chi connectivity index (χ0v) is 24.3. The molecule has 2 amide bonds. The minimum Gasteiger partial charge on any atom is -0.493 e. The van der Waals surface area contributed by atoms with E-state index in [4.69, 9.17) is 18.9 Å². The molecule has 1 aromatic heterocycles. The van der Waals surface area contributed by atoms with Gasteiger partial charge in [-0.15, -0.1) is 5.10 Å². The Morgan fingerprint density at radius 3 is 2.51 bits per heavy atom. The van der Waals surface area contributed by atoms with Crippen LogP contribution >= 0.6 is 0 Å². The molecule has 1 N–H and O–H groups in total. The molecule has 2 aliphatic rings. The zero-order chi connectivity index (χ0) is 29.8. The van der Waals surface area contributed by atoms with Crippen LogP contribution in [0.2, 0.25) is 0 Å². The monoisotopic (exact) mass is 585 g/mol. The van der Waals surface area contributed by atoms with E-state index >= 15 is 0 Å². The van der Waals surface area contributed by atoms with Crippen LogP contribution in [0.1, 0.15) is 43.7 Å². The first-order valence-corrected chi connectivity index (χ1v) is 14.6. The number of benzene rings is 3. The molecule has 1 fully saturated rings. The molecular weight excluding hydrogens is 550 g/mol. The second-order valence-electron chi connectivity index (χ2n) is 10.7. The maximum absolute atomic E-state index is 14.4. The van der Waals surface area contributed by atoms with Crippen LogP contribution < -0.4 is 29.2 Å². The Labute approximate surface area is 249 Å². The Morgan fingerprint density at radius 2 is 1.72 bits per heavy atom. The molecule has 43 heavy (non-hydrogen) atoms. The molecule has 11 nitrogen and oxygen atoms in total. The van der Waals surface area contributed by atoms with Crippen molar-refractivity contribution in [1.29, 1.82) is 0 Å². The summed E-state index contributed by atoms with van der Waals surface area (Å²) in [6.45, 7) is 0.679. The van der Waals surface area contributed by atoms with E-state index in [2.05, 4.69) is 15.6 Å². The molecule has 0 spiro atoms. The fourth-order valence-electron chi connectivity index (χ4n) is 5.83. The molecule has 1 unspecified atom stereocenters. The lowest BCUT2D eigenvalue weighted by molar-refractivity contribution is -0.127. The lowest BCUT2D eigenvalue weighted by Gasteiger charge is -2.34. The molecular formula is C32H35N5O6. The van der Waals surface area contributed by atoms with Crippen LogP contribution in [-0.4, -0.2) is 60.3 Å². The third-order valence-electron chi connectivity index (χ3n) is 7.96. The lowest BCUT2D eigenvalue weighted by Crippen LogP contribution is -2.48. The normalized spacial score (nSPS) is 15.5. The van der Waals surface area contributed by atoms with Crippen molar-refractivity contribution in [2.24, 2.45) is 0 Å². The Morgan fingerprint density at radius 1 is 0.953 bits per heavy atom. The number of para-hydroxylation sites is 1. The van der Waals surface area contributed by atoms with Gasteiger partial charge in [-0.3, -0.25) is 14.5 Å². The molecule has 11 heteroatoms. The van der Waals surface area contributed by atoms with Gasteiger partial charge in [0.2, 0.25) is 11.8 Å². The predicted octanol–water partition coefficient (Wildman–Crippen LogP) is 4.44. The van der Waals surface area contributed by atoms with Gasteiger partial charge >= 0.3 is 0 Å². The van der Waals surface area contributed by atoms with E-state index in [0.29, 0.717) is 58.5 Å². The van der Waals surface area contributed by atoms with Crippen molar-refractivity contribution in [3.8, 4) is 23.0 Å². The van der Waals surface area contributed by atoms with Gasteiger partial charge in [0.15, 0.2) is 23.0 Å². The van der Waals surface area contributed by atoms with E-state index < -0.39 is 6.04 Å². The average Bonchev–Trinajstić information content (AvgIpc) is 3.45. The van der Waals surface area contributed by atoms with Crippen LogP contribution in [0.4, 0.5) is 5.69 Å². The maximum Gasteiger partial charge on any atom is 0.249 e. The molecule has 3 aromatic carbocycles. The number of anilines is 1. The van der Waals surface area contributed by atoms with Crippen LogP contribution in [-0.2, 0) is 16.1 Å². The highest BCUT2D eigenvalue weighted by Crippen LogP contribution is 2.39. The number of fused-ring (bicyclic) bond motifs is 2. The molecule has 1 saturated carbocycles. The summed E-state index contributed by atoms with van der Waals surface area (Å²) in [4.78, 5) is 30.3. The Bertz CT molecular complexity index is 1620. The van der Waals surface area contributed by atoms with Crippen molar-refractivity contribution in [1.82, 2.24) is 20.3 Å². The minimum absolute atomic E-state index is 0.0281. The number of carbonyl (C=O) groups excluding carboxylic acids is 2. The average molecular weight is 586 g/mol. The van der Waals surface area contributed by atoms with Crippen LogP contribution in [0.15, 0.2) is 60.7 Å². The van der Waals surface area contributed by atoms with Gasteiger partial charge in [-0.05, 0) is 54.8 Å². The van der Waals surface area contributed by atoms with Crippen molar-refractivity contribution >= 4 is 28.5 Å². The van der Waals surface area contributed by atoms with Gasteiger partial charge in [0, 0.05) is 17.8 Å². The van der Waals surface area contributed by atoms with E-state index in [1.165, 1.54) is 12.0 Å². The van der Waals surface area contributed by atoms with Gasteiger partial charge in [0.1, 0.15) is 31.3 Å². The summed E-state index contributed by atoms with van der Waals surface area (Å²) in [6, 6.07) is 17.0. The van der Waals surface area contributed by atoms with Crippen LogP contribution in [0, 0.1) is 0 Å². The molecule has 4 aromatic rings. The molecule has 1 aliphatic carbocycles. The highest BCUT2D eigenvalue weighted by atomic mass is 16.6. The quantitative estimate of drug-likeness (QED) is 0.306. The maximum atomic E-state index is 14.4. The molecule has 0 saturated heterocycles. The Hall–Kier alpha value is -4.80. The molecule has 0 bridgehead atoms. The number of hydrogen-bond donors (Lipinski definition) is 1. The third-order valence-corrected chi connectivity index (χ3v) is 7.96. The second-order valence-corrected chi connectivity index (χ2v) is 10.7. The van der Waals surface area contributed by atoms with Crippen molar-refractivity contribution in [3.05, 3.63) is 66.2 Å². The van der Waals surface area contributed by atoms with Gasteiger partial charge in [-0.2, -0.15) is 0 Å². The molecule has 0 radical (unpaired) electrons. The number of ether oxygens (including phenoxy) is 4. The zero-order valence-electron chi connectivity index (χ0n) is 24.3. The summed E-state index contributed by atoms with van der Waals surface area (Å²) in [6.07, 6.45) is 5.05. The van der Waals surface area contributed by atoms with Crippen molar-refractivity contribution in [3.63, 3.8) is 0 Å². The highest BCUT2D eigenvalue weighted by Gasteiger charge is 2.36. The fraction of sp³-hybridized carbons (Fsp3) is 0.375. The first kappa shape index (κ1) is 28.3. The van der Waals surface area contributed by atoms with Crippen molar-refractivity contribution < 1.29 is 28.5 Å². The summed E-state index contributed by atoms with van der Waals surface area (Å²) in [7, 11) is 3.09. The van der Waals surface area contributed by atoms with Crippen LogP contribution in [0.25, 0.3) is 11.0 Å². The number of nitrogens with zero attached hydrogens (tertiary/aromatic N) is 4. The first-order valence-electron chi connectivity index (χ1n) is 14.6. The third kappa shape index (κ3) is 5.93. The molecule has 224 valence electrons. The second kappa shape index (κ2) is 12.6. The van der Waals surface area contributed by atoms with Gasteiger partial charge in [0.05, 0.1) is 19.7 Å². The number of rotatable bonds is 9. The standard InChI is InChI=1S/C32H35N5O6/c1-40-26-14-12-21(18-28(26)41-2)31(32(39)33-22-8-4-3-5-9-22)37(23-13-15-27-29(19-23)43-17-16-42-27)30(38)20-36-25-11-7-6-10-24(25)34-35-36/h6-7,10-15,18-19,22,31H,3-5,8-9,16-17,20H2,1-2H3,(H,33,39). The predicted molar refractivity (Wildman–Crippen MR) is 160 cm³/mol. The lowest BCUT2D eigenvalue weighted by atomic mass is 9.94. The number of carbonyl (C=O) groups is 2. The summed E-state index contributed by atoms with van der Waals surface area (Å²) >= 11 is 0. The summed E-state index contributed by atoms with van der Waals surface area (Å²) in [5, 5.41) is 11.7. The number of methoxy groups -OCH3 is 2. The fourth-order valence-corrected chi connectivity index (χ4v) is 5.83. The first-order chi connectivity index (χ1) is 21.1. The number of amides is 2. The van der Waals surface area contributed by atoms with E-state index in [-0.39, 0.29) is 24.4 Å².